The minimum atomic E-state index is -3.29. The molecule has 0 bridgehead atoms. The van der Waals surface area contributed by atoms with Crippen molar-refractivity contribution in [2.75, 3.05) is 19.3 Å². The van der Waals surface area contributed by atoms with Gasteiger partial charge in [-0.25, -0.2) is 23.1 Å². The normalized spacial score (nSPS) is 15.1. The Morgan fingerprint density at radius 3 is 2.53 bits per heavy atom. The Hall–Kier alpha value is -3.80. The van der Waals surface area contributed by atoms with E-state index in [1.54, 1.807) is 40.9 Å². The molecule has 1 amide bonds. The lowest BCUT2D eigenvalue weighted by Gasteiger charge is -2.31. The predicted octanol–water partition coefficient (Wildman–Crippen LogP) is 2.20. The third-order valence-corrected chi connectivity index (χ3v) is 6.82. The van der Waals surface area contributed by atoms with Crippen LogP contribution in [-0.4, -0.2) is 69.6 Å². The van der Waals surface area contributed by atoms with Crippen molar-refractivity contribution in [3.63, 3.8) is 0 Å². The number of likely N-dealkylation sites (tertiary alicyclic amines) is 1. The van der Waals surface area contributed by atoms with Crippen LogP contribution in [0.25, 0.3) is 16.7 Å². The van der Waals surface area contributed by atoms with E-state index in [4.69, 9.17) is 9.26 Å². The summed E-state index contributed by atoms with van der Waals surface area (Å²) in [4.78, 5) is 23.2. The van der Waals surface area contributed by atoms with Gasteiger partial charge >= 0.3 is 0 Å². The summed E-state index contributed by atoms with van der Waals surface area (Å²) in [5, 5.41) is 8.85. The Labute approximate surface area is 195 Å². The van der Waals surface area contributed by atoms with Crippen LogP contribution in [0.1, 0.15) is 29.1 Å². The van der Waals surface area contributed by atoms with Crippen molar-refractivity contribution >= 4 is 26.8 Å². The number of fused-ring (bicyclic) bond motifs is 1. The Bertz CT molecular complexity index is 1450. The number of ether oxygens (including phenoxy) is 1. The summed E-state index contributed by atoms with van der Waals surface area (Å²) >= 11 is 0. The number of carbonyl (C=O) groups is 1. The summed E-state index contributed by atoms with van der Waals surface area (Å²) in [5.74, 6) is 0.866. The largest absolute Gasteiger partial charge is 0.474 e. The van der Waals surface area contributed by atoms with Crippen LogP contribution >= 0.6 is 0 Å². The lowest BCUT2D eigenvalue weighted by Crippen LogP contribution is -2.42. The molecule has 4 heterocycles. The van der Waals surface area contributed by atoms with Gasteiger partial charge in [0, 0.05) is 38.3 Å². The first-order valence-electron chi connectivity index (χ1n) is 10.7. The Balaban J connectivity index is 1.30. The van der Waals surface area contributed by atoms with Gasteiger partial charge in [-0.1, -0.05) is 5.16 Å². The number of aryl methyl sites for hydroxylation is 1. The lowest BCUT2D eigenvalue weighted by molar-refractivity contribution is 0.0581. The molecule has 1 fully saturated rings. The highest BCUT2D eigenvalue weighted by atomic mass is 32.2. The molecule has 1 aromatic carbocycles. The van der Waals surface area contributed by atoms with Crippen molar-refractivity contribution in [3.05, 3.63) is 54.3 Å². The minimum absolute atomic E-state index is 0.112. The molecule has 0 saturated carbocycles. The minimum Gasteiger partial charge on any atom is -0.474 e. The topological polar surface area (TPSA) is 133 Å². The number of nitrogens with zero attached hydrogens (tertiary/aromatic N) is 6. The number of sulfone groups is 1. The van der Waals surface area contributed by atoms with E-state index in [0.717, 1.165) is 6.26 Å². The van der Waals surface area contributed by atoms with E-state index in [0.29, 0.717) is 60.0 Å². The monoisotopic (exact) mass is 482 g/mol. The maximum absolute atomic E-state index is 12.6. The van der Waals surface area contributed by atoms with E-state index in [1.807, 2.05) is 0 Å². The summed E-state index contributed by atoms with van der Waals surface area (Å²) in [6, 6.07) is 8.05. The highest BCUT2D eigenvalue weighted by Gasteiger charge is 2.27. The zero-order valence-corrected chi connectivity index (χ0v) is 19.4. The van der Waals surface area contributed by atoms with Crippen LogP contribution in [-0.2, 0) is 9.84 Å². The van der Waals surface area contributed by atoms with Crippen molar-refractivity contribution in [1.82, 2.24) is 29.8 Å². The first-order chi connectivity index (χ1) is 16.3. The highest BCUT2D eigenvalue weighted by molar-refractivity contribution is 7.90. The second-order valence-corrected chi connectivity index (χ2v) is 10.2. The highest BCUT2D eigenvalue weighted by Crippen LogP contribution is 2.27. The quantitative estimate of drug-likeness (QED) is 0.420. The van der Waals surface area contributed by atoms with Crippen molar-refractivity contribution in [2.24, 2.45) is 0 Å². The smallest absolute Gasteiger partial charge is 0.276 e. The molecule has 0 radical (unpaired) electrons. The summed E-state index contributed by atoms with van der Waals surface area (Å²) in [5.41, 5.74) is 1.53. The molecule has 3 aromatic heterocycles. The molecule has 0 unspecified atom stereocenters. The number of hydrogen-bond donors (Lipinski definition) is 0. The molecule has 1 aliphatic rings. The number of carbonyl (C=O) groups excluding carboxylic acids is 1. The number of amides is 1. The van der Waals surface area contributed by atoms with E-state index in [1.165, 1.54) is 18.5 Å². The molecular formula is C22H22N6O5S. The van der Waals surface area contributed by atoms with Crippen molar-refractivity contribution < 1.29 is 22.5 Å². The molecule has 176 valence electrons. The Kier molecular flexibility index (Phi) is 5.52. The standard InChI is InChI=1S/C22H22N6O5S/c1-14-11-19(26-33-14)22(29)27-9-7-16(8-10-27)32-21-18-12-25-28(20(18)23-13-24-21)15-3-5-17(6-4-15)34(2,30)31/h3-6,11-13,16H,7-10H2,1-2H3. The van der Waals surface area contributed by atoms with E-state index < -0.39 is 9.84 Å². The fraction of sp³-hybridized carbons (Fsp3) is 0.318. The van der Waals surface area contributed by atoms with Crippen molar-refractivity contribution in [3.8, 4) is 11.6 Å². The SMILES string of the molecule is Cc1cc(C(=O)N2CCC(Oc3ncnc4c3cnn4-c3ccc(S(C)(=O)=O)cc3)CC2)no1. The zero-order valence-electron chi connectivity index (χ0n) is 18.6. The van der Waals surface area contributed by atoms with Gasteiger partial charge in [0.1, 0.15) is 23.6 Å². The molecule has 12 heteroatoms. The molecule has 5 rings (SSSR count). The molecule has 0 aliphatic carbocycles. The average Bonchev–Trinajstić information content (AvgIpc) is 3.46. The maximum atomic E-state index is 12.6. The second-order valence-electron chi connectivity index (χ2n) is 8.17. The van der Waals surface area contributed by atoms with E-state index >= 15 is 0 Å². The number of rotatable bonds is 5. The van der Waals surface area contributed by atoms with Crippen molar-refractivity contribution in [1.29, 1.82) is 0 Å². The van der Waals surface area contributed by atoms with Crippen molar-refractivity contribution in [2.45, 2.75) is 30.8 Å². The van der Waals surface area contributed by atoms with Gasteiger partial charge in [-0.05, 0) is 31.2 Å². The number of piperidine rings is 1. The molecular weight excluding hydrogens is 460 g/mol. The molecule has 34 heavy (non-hydrogen) atoms. The third kappa shape index (κ3) is 4.23. The van der Waals surface area contributed by atoms with Gasteiger partial charge in [0.2, 0.25) is 5.88 Å². The Morgan fingerprint density at radius 2 is 1.88 bits per heavy atom. The average molecular weight is 483 g/mol. The van der Waals surface area contributed by atoms with Gasteiger partial charge < -0.3 is 14.2 Å². The van der Waals surface area contributed by atoms with Crippen LogP contribution < -0.4 is 4.74 Å². The summed E-state index contributed by atoms with van der Waals surface area (Å²) in [6.07, 6.45) is 5.38. The van der Waals surface area contributed by atoms with E-state index in [9.17, 15) is 13.2 Å². The van der Waals surface area contributed by atoms with Crippen LogP contribution in [0.3, 0.4) is 0 Å². The Morgan fingerprint density at radius 1 is 1.15 bits per heavy atom. The molecule has 0 atom stereocenters. The fourth-order valence-electron chi connectivity index (χ4n) is 3.90. The van der Waals surface area contributed by atoms with Gasteiger partial charge in [0.25, 0.3) is 5.91 Å². The van der Waals surface area contributed by atoms with Crippen LogP contribution in [0.4, 0.5) is 0 Å². The van der Waals surface area contributed by atoms with Gasteiger partial charge in [-0.15, -0.1) is 0 Å². The molecule has 11 nitrogen and oxygen atoms in total. The summed E-state index contributed by atoms with van der Waals surface area (Å²) < 4.78 is 36.2. The molecule has 0 N–H and O–H groups in total. The van der Waals surface area contributed by atoms with Crippen LogP contribution in [0.2, 0.25) is 0 Å². The summed E-state index contributed by atoms with van der Waals surface area (Å²) in [6.45, 7) is 2.82. The molecule has 4 aromatic rings. The van der Waals surface area contributed by atoms with Gasteiger partial charge in [-0.3, -0.25) is 4.79 Å². The van der Waals surface area contributed by atoms with Gasteiger partial charge in [0.15, 0.2) is 21.2 Å². The number of aromatic nitrogens is 5. The number of benzene rings is 1. The van der Waals surface area contributed by atoms with Crippen LogP contribution in [0.5, 0.6) is 5.88 Å². The van der Waals surface area contributed by atoms with Gasteiger partial charge in [-0.2, -0.15) is 5.10 Å². The third-order valence-electron chi connectivity index (χ3n) is 5.69. The molecule has 1 saturated heterocycles. The molecule has 0 spiro atoms. The summed E-state index contributed by atoms with van der Waals surface area (Å²) in [7, 11) is -3.29. The van der Waals surface area contributed by atoms with E-state index in [-0.39, 0.29) is 16.9 Å². The second kappa shape index (κ2) is 8.52. The fourth-order valence-corrected chi connectivity index (χ4v) is 4.53. The first-order valence-corrected chi connectivity index (χ1v) is 12.6. The number of hydrogen-bond acceptors (Lipinski definition) is 9. The lowest BCUT2D eigenvalue weighted by atomic mass is 10.1. The predicted molar refractivity (Wildman–Crippen MR) is 121 cm³/mol. The first kappa shape index (κ1) is 22.0. The van der Waals surface area contributed by atoms with Crippen LogP contribution in [0.15, 0.2) is 52.3 Å². The van der Waals surface area contributed by atoms with Gasteiger partial charge in [0.05, 0.1) is 16.8 Å². The van der Waals surface area contributed by atoms with Crippen LogP contribution in [0, 0.1) is 6.92 Å². The zero-order chi connectivity index (χ0) is 23.9. The van der Waals surface area contributed by atoms with E-state index in [2.05, 4.69) is 20.2 Å². The molecule has 1 aliphatic heterocycles. The maximum Gasteiger partial charge on any atom is 0.276 e.